The normalized spacial score (nSPS) is 14.2. The summed E-state index contributed by atoms with van der Waals surface area (Å²) in [5.41, 5.74) is 0.585. The van der Waals surface area contributed by atoms with Crippen molar-refractivity contribution < 1.29 is 9.15 Å². The van der Waals surface area contributed by atoms with E-state index in [4.69, 9.17) is 9.15 Å². The van der Waals surface area contributed by atoms with Crippen molar-refractivity contribution in [1.29, 1.82) is 0 Å². The summed E-state index contributed by atoms with van der Waals surface area (Å²) in [4.78, 5) is 24.1. The van der Waals surface area contributed by atoms with Crippen LogP contribution >= 0.6 is 0 Å². The van der Waals surface area contributed by atoms with Gasteiger partial charge in [0.25, 0.3) is 5.56 Å². The maximum absolute atomic E-state index is 12.3. The van der Waals surface area contributed by atoms with E-state index < -0.39 is 5.76 Å². The van der Waals surface area contributed by atoms with Gasteiger partial charge in [-0.15, -0.1) is 0 Å². The van der Waals surface area contributed by atoms with Gasteiger partial charge in [-0.3, -0.25) is 4.79 Å². The molecule has 5 nitrogen and oxygen atoms in total. The molecule has 5 heteroatoms. The summed E-state index contributed by atoms with van der Waals surface area (Å²) in [6.07, 6.45) is 0.468. The molecular weight excluding hydrogens is 234 g/mol. The number of hydrogen-bond acceptors (Lipinski definition) is 4. The zero-order valence-corrected chi connectivity index (χ0v) is 9.59. The first-order chi connectivity index (χ1) is 8.77. The molecule has 0 aliphatic carbocycles. The number of fused-ring (bicyclic) bond motifs is 1. The van der Waals surface area contributed by atoms with Crippen molar-refractivity contribution in [2.24, 2.45) is 0 Å². The maximum atomic E-state index is 12.3. The largest absolute Gasteiger partial charge is 0.426 e. The summed E-state index contributed by atoms with van der Waals surface area (Å²) in [5.74, 6) is -0.199. The Morgan fingerprint density at radius 3 is 2.67 bits per heavy atom. The van der Waals surface area contributed by atoms with Gasteiger partial charge < -0.3 is 9.15 Å². The molecule has 0 saturated heterocycles. The molecule has 18 heavy (non-hydrogen) atoms. The van der Waals surface area contributed by atoms with Crippen molar-refractivity contribution in [3.05, 3.63) is 62.6 Å². The van der Waals surface area contributed by atoms with Crippen molar-refractivity contribution in [3.8, 4) is 5.69 Å². The summed E-state index contributed by atoms with van der Waals surface area (Å²) in [7, 11) is 0. The highest BCUT2D eigenvalue weighted by Gasteiger charge is 2.20. The Kier molecular flexibility index (Phi) is 2.60. The van der Waals surface area contributed by atoms with E-state index in [1.165, 1.54) is 0 Å². The van der Waals surface area contributed by atoms with Crippen LogP contribution in [0.4, 0.5) is 0 Å². The van der Waals surface area contributed by atoms with Crippen molar-refractivity contribution in [2.45, 2.75) is 13.0 Å². The molecule has 1 aliphatic rings. The topological polar surface area (TPSA) is 61.4 Å². The van der Waals surface area contributed by atoms with Crippen LogP contribution in [0.1, 0.15) is 11.3 Å². The standard InChI is InChI=1S/C13H11NO4/c15-12-10-8-17-7-6-11(10)18-13(16)14(12)9-4-2-1-3-5-9/h1-5H,6-8H2. The molecule has 0 spiro atoms. The van der Waals surface area contributed by atoms with Crippen LogP contribution in [-0.2, 0) is 17.8 Å². The van der Waals surface area contributed by atoms with Gasteiger partial charge in [-0.25, -0.2) is 9.36 Å². The molecule has 0 saturated carbocycles. The Hall–Kier alpha value is -2.14. The monoisotopic (exact) mass is 245 g/mol. The molecular formula is C13H11NO4. The molecule has 3 rings (SSSR count). The van der Waals surface area contributed by atoms with E-state index in [0.29, 0.717) is 30.0 Å². The molecule has 1 aliphatic heterocycles. The van der Waals surface area contributed by atoms with Crippen molar-refractivity contribution in [1.82, 2.24) is 4.57 Å². The Morgan fingerprint density at radius 2 is 1.89 bits per heavy atom. The second-order valence-corrected chi connectivity index (χ2v) is 4.05. The fourth-order valence-corrected chi connectivity index (χ4v) is 2.03. The quantitative estimate of drug-likeness (QED) is 0.747. The van der Waals surface area contributed by atoms with E-state index in [-0.39, 0.29) is 12.2 Å². The number of para-hydroxylation sites is 1. The van der Waals surface area contributed by atoms with Crippen LogP contribution in [0.25, 0.3) is 5.69 Å². The first kappa shape index (κ1) is 11.0. The van der Waals surface area contributed by atoms with Crippen LogP contribution in [0, 0.1) is 0 Å². The van der Waals surface area contributed by atoms with Crippen molar-refractivity contribution in [3.63, 3.8) is 0 Å². The second-order valence-electron chi connectivity index (χ2n) is 4.05. The van der Waals surface area contributed by atoms with Gasteiger partial charge in [0.1, 0.15) is 5.76 Å². The highest BCUT2D eigenvalue weighted by molar-refractivity contribution is 5.32. The van der Waals surface area contributed by atoms with Gasteiger partial charge in [-0.2, -0.15) is 0 Å². The molecule has 0 bridgehead atoms. The number of aromatic nitrogens is 1. The minimum atomic E-state index is -0.646. The fraction of sp³-hybridized carbons (Fsp3) is 0.231. The third kappa shape index (κ3) is 1.69. The smallest absolute Gasteiger partial charge is 0.413 e. The van der Waals surface area contributed by atoms with Crippen LogP contribution in [-0.4, -0.2) is 11.2 Å². The van der Waals surface area contributed by atoms with Crippen LogP contribution in [0.2, 0.25) is 0 Å². The molecule has 0 unspecified atom stereocenters. The molecule has 0 N–H and O–H groups in total. The zero-order valence-electron chi connectivity index (χ0n) is 9.59. The molecule has 2 heterocycles. The van der Waals surface area contributed by atoms with E-state index in [9.17, 15) is 9.59 Å². The lowest BCUT2D eigenvalue weighted by atomic mass is 10.2. The van der Waals surface area contributed by atoms with Gasteiger partial charge in [0.2, 0.25) is 0 Å². The Bertz CT molecular complexity index is 684. The molecule has 1 aromatic carbocycles. The summed E-state index contributed by atoms with van der Waals surface area (Å²) in [6, 6.07) is 8.72. The van der Waals surface area contributed by atoms with Gasteiger partial charge in [0.05, 0.1) is 24.5 Å². The third-order valence-electron chi connectivity index (χ3n) is 2.93. The Balaban J connectivity index is 2.29. The van der Waals surface area contributed by atoms with E-state index in [1.54, 1.807) is 24.3 Å². The molecule has 0 radical (unpaired) electrons. The van der Waals surface area contributed by atoms with Crippen molar-refractivity contribution in [2.75, 3.05) is 6.61 Å². The van der Waals surface area contributed by atoms with Gasteiger partial charge in [-0.1, -0.05) is 18.2 Å². The molecule has 0 atom stereocenters. The Labute approximate surface area is 102 Å². The predicted molar refractivity (Wildman–Crippen MR) is 63.9 cm³/mol. The van der Waals surface area contributed by atoms with Gasteiger partial charge >= 0.3 is 5.76 Å². The summed E-state index contributed by atoms with van der Waals surface area (Å²) >= 11 is 0. The summed E-state index contributed by atoms with van der Waals surface area (Å²) in [6.45, 7) is 0.676. The first-order valence-corrected chi connectivity index (χ1v) is 5.68. The summed E-state index contributed by atoms with van der Waals surface area (Å²) in [5, 5.41) is 0. The average molecular weight is 245 g/mol. The van der Waals surface area contributed by atoms with Gasteiger partial charge in [0, 0.05) is 6.42 Å². The SMILES string of the molecule is O=c1oc2c(c(=O)n1-c1ccccc1)COCC2. The van der Waals surface area contributed by atoms with E-state index >= 15 is 0 Å². The van der Waals surface area contributed by atoms with Crippen LogP contribution in [0.15, 0.2) is 44.3 Å². The van der Waals surface area contributed by atoms with Crippen LogP contribution in [0.3, 0.4) is 0 Å². The van der Waals surface area contributed by atoms with E-state index in [1.807, 2.05) is 6.07 Å². The lowest BCUT2D eigenvalue weighted by molar-refractivity contribution is 0.0970. The Morgan fingerprint density at radius 1 is 1.11 bits per heavy atom. The number of ether oxygens (including phenoxy) is 1. The third-order valence-corrected chi connectivity index (χ3v) is 2.93. The summed E-state index contributed by atoms with van der Waals surface area (Å²) < 4.78 is 11.5. The highest BCUT2D eigenvalue weighted by Crippen LogP contribution is 2.12. The zero-order chi connectivity index (χ0) is 12.5. The maximum Gasteiger partial charge on any atom is 0.426 e. The minimum Gasteiger partial charge on any atom is -0.413 e. The molecule has 2 aromatic rings. The fourth-order valence-electron chi connectivity index (χ4n) is 2.03. The predicted octanol–water partition coefficient (Wildman–Crippen LogP) is 0.863. The molecule has 0 amide bonds. The highest BCUT2D eigenvalue weighted by atomic mass is 16.5. The molecule has 0 fully saturated rings. The van der Waals surface area contributed by atoms with Crippen LogP contribution in [0.5, 0.6) is 0 Å². The average Bonchev–Trinajstić information content (AvgIpc) is 2.40. The molecule has 92 valence electrons. The first-order valence-electron chi connectivity index (χ1n) is 5.68. The minimum absolute atomic E-state index is 0.199. The van der Waals surface area contributed by atoms with E-state index in [2.05, 4.69) is 0 Å². The molecule has 1 aromatic heterocycles. The van der Waals surface area contributed by atoms with Crippen molar-refractivity contribution >= 4 is 0 Å². The van der Waals surface area contributed by atoms with E-state index in [0.717, 1.165) is 4.57 Å². The van der Waals surface area contributed by atoms with Gasteiger partial charge in [-0.05, 0) is 12.1 Å². The second kappa shape index (κ2) is 4.27. The number of benzene rings is 1. The van der Waals surface area contributed by atoms with Gasteiger partial charge in [0.15, 0.2) is 0 Å². The number of nitrogens with zero attached hydrogens (tertiary/aromatic N) is 1. The lowest BCUT2D eigenvalue weighted by Gasteiger charge is -2.15. The number of hydrogen-bond donors (Lipinski definition) is 0. The lowest BCUT2D eigenvalue weighted by Crippen LogP contribution is -2.36. The number of rotatable bonds is 1. The van der Waals surface area contributed by atoms with Crippen LogP contribution < -0.4 is 11.3 Å².